The van der Waals surface area contributed by atoms with Crippen molar-refractivity contribution >= 4 is 11.4 Å². The third kappa shape index (κ3) is 4.18. The van der Waals surface area contributed by atoms with Gasteiger partial charge in [0.1, 0.15) is 5.69 Å². The number of anilines is 1. The number of aromatic amines is 1. The van der Waals surface area contributed by atoms with E-state index >= 15 is 0 Å². The van der Waals surface area contributed by atoms with E-state index in [0.717, 1.165) is 25.7 Å². The monoisotopic (exact) mass is 336 g/mol. The Bertz CT molecular complexity index is 802. The molecule has 0 unspecified atom stereocenters. The quantitative estimate of drug-likeness (QED) is 0.631. The van der Waals surface area contributed by atoms with Gasteiger partial charge in [-0.3, -0.25) is 4.79 Å². The summed E-state index contributed by atoms with van der Waals surface area (Å²) in [6.07, 6.45) is 8.67. The topological polar surface area (TPSA) is 94.8 Å². The number of allylic oxidation sites excluding steroid dienone is 1. The van der Waals surface area contributed by atoms with Crippen molar-refractivity contribution in [1.29, 1.82) is 5.41 Å². The van der Waals surface area contributed by atoms with Gasteiger partial charge in [-0.15, -0.1) is 0 Å². The summed E-state index contributed by atoms with van der Waals surface area (Å²) >= 11 is 0. The first-order chi connectivity index (χ1) is 12.2. The van der Waals surface area contributed by atoms with Crippen molar-refractivity contribution in [3.63, 3.8) is 0 Å². The second-order valence-electron chi connectivity index (χ2n) is 6.51. The lowest BCUT2D eigenvalue weighted by atomic mass is 9.82. The molecular weight excluding hydrogens is 312 g/mol. The number of rotatable bonds is 5. The molecule has 0 saturated heterocycles. The summed E-state index contributed by atoms with van der Waals surface area (Å²) in [4.78, 5) is 14.8. The van der Waals surface area contributed by atoms with Crippen LogP contribution in [0.15, 0.2) is 59.7 Å². The van der Waals surface area contributed by atoms with Crippen LogP contribution in [0, 0.1) is 5.41 Å². The number of aromatic nitrogens is 1. The van der Waals surface area contributed by atoms with E-state index in [9.17, 15) is 4.79 Å². The van der Waals surface area contributed by atoms with Crippen LogP contribution in [0.1, 0.15) is 42.7 Å². The molecule has 1 aromatic carbocycles. The van der Waals surface area contributed by atoms with Crippen molar-refractivity contribution in [2.75, 3.05) is 5.32 Å². The molecule has 5 nitrogen and oxygen atoms in total. The van der Waals surface area contributed by atoms with Crippen LogP contribution in [0.25, 0.3) is 0 Å². The van der Waals surface area contributed by atoms with Crippen molar-refractivity contribution in [3.8, 4) is 0 Å². The number of H-pyrrole nitrogens is 1. The van der Waals surface area contributed by atoms with Crippen LogP contribution in [-0.4, -0.2) is 16.7 Å². The van der Waals surface area contributed by atoms with Gasteiger partial charge in [-0.25, -0.2) is 0 Å². The molecular formula is C20H24N4O. The second kappa shape index (κ2) is 7.83. The molecule has 5 N–H and O–H groups in total. The Morgan fingerprint density at radius 3 is 2.60 bits per heavy atom. The molecule has 25 heavy (non-hydrogen) atoms. The maximum absolute atomic E-state index is 12.1. The zero-order valence-electron chi connectivity index (χ0n) is 14.2. The lowest BCUT2D eigenvalue weighted by Crippen LogP contribution is -2.28. The molecule has 1 aliphatic rings. The molecule has 130 valence electrons. The SMILES string of the molecule is N=C(/C=C\N)c1c[nH]c(=O)c(N[C@H]2CC[C@@H](c3ccccc3)CC2)c1. The van der Waals surface area contributed by atoms with Crippen molar-refractivity contribution in [2.24, 2.45) is 5.73 Å². The van der Waals surface area contributed by atoms with Crippen LogP contribution in [0.5, 0.6) is 0 Å². The van der Waals surface area contributed by atoms with Gasteiger partial charge < -0.3 is 21.4 Å². The summed E-state index contributed by atoms with van der Waals surface area (Å²) in [6.45, 7) is 0. The van der Waals surface area contributed by atoms with Gasteiger partial charge in [0, 0.05) is 17.8 Å². The van der Waals surface area contributed by atoms with Gasteiger partial charge in [-0.05, 0) is 55.5 Å². The first kappa shape index (κ1) is 17.0. The molecule has 3 rings (SSSR count). The maximum Gasteiger partial charge on any atom is 0.271 e. The van der Waals surface area contributed by atoms with E-state index in [4.69, 9.17) is 11.1 Å². The van der Waals surface area contributed by atoms with Gasteiger partial charge in [-0.1, -0.05) is 30.3 Å². The zero-order chi connectivity index (χ0) is 17.6. The van der Waals surface area contributed by atoms with E-state index in [1.165, 1.54) is 17.8 Å². The number of pyridine rings is 1. The standard InChI is InChI=1S/C20H24N4O/c21-11-10-18(22)16-12-19(20(25)23-13-16)24-17-8-6-15(7-9-17)14-4-2-1-3-5-14/h1-5,10-13,15,17,22,24H,6-9,21H2,(H,23,25)/b11-10-,22-18?/t15-,17+. The first-order valence-corrected chi connectivity index (χ1v) is 8.69. The second-order valence-corrected chi connectivity index (χ2v) is 6.51. The number of hydrogen-bond donors (Lipinski definition) is 4. The van der Waals surface area contributed by atoms with Gasteiger partial charge >= 0.3 is 0 Å². The van der Waals surface area contributed by atoms with Crippen LogP contribution in [-0.2, 0) is 0 Å². The van der Waals surface area contributed by atoms with Crippen LogP contribution >= 0.6 is 0 Å². The van der Waals surface area contributed by atoms with Crippen LogP contribution < -0.4 is 16.6 Å². The molecule has 0 amide bonds. The zero-order valence-corrected chi connectivity index (χ0v) is 14.2. The van der Waals surface area contributed by atoms with Gasteiger partial charge in [-0.2, -0.15) is 0 Å². The van der Waals surface area contributed by atoms with Crippen LogP contribution in [0.3, 0.4) is 0 Å². The summed E-state index contributed by atoms with van der Waals surface area (Å²) in [7, 11) is 0. The predicted molar refractivity (Wildman–Crippen MR) is 102 cm³/mol. The number of benzene rings is 1. The average Bonchev–Trinajstić information content (AvgIpc) is 2.65. The van der Waals surface area contributed by atoms with E-state index in [2.05, 4.69) is 34.6 Å². The molecule has 1 heterocycles. The Labute approximate surface area is 147 Å². The molecule has 0 aliphatic heterocycles. The van der Waals surface area contributed by atoms with E-state index in [1.54, 1.807) is 12.3 Å². The fourth-order valence-corrected chi connectivity index (χ4v) is 3.46. The lowest BCUT2D eigenvalue weighted by Gasteiger charge is -2.29. The third-order valence-electron chi connectivity index (χ3n) is 4.83. The Kier molecular flexibility index (Phi) is 5.33. The molecule has 1 aliphatic carbocycles. The highest BCUT2D eigenvalue weighted by Gasteiger charge is 2.22. The minimum atomic E-state index is -0.154. The van der Waals surface area contributed by atoms with Crippen molar-refractivity contribution < 1.29 is 0 Å². The summed E-state index contributed by atoms with van der Waals surface area (Å²) in [6, 6.07) is 12.6. The molecule has 1 aromatic heterocycles. The fourth-order valence-electron chi connectivity index (χ4n) is 3.46. The summed E-state index contributed by atoms with van der Waals surface area (Å²) in [5.74, 6) is 0.603. The van der Waals surface area contributed by atoms with E-state index in [0.29, 0.717) is 17.2 Å². The maximum atomic E-state index is 12.1. The summed E-state index contributed by atoms with van der Waals surface area (Å²) in [5, 5.41) is 11.3. The van der Waals surface area contributed by atoms with Gasteiger partial charge in [0.15, 0.2) is 0 Å². The molecule has 1 fully saturated rings. The Balaban J connectivity index is 1.65. The molecule has 0 spiro atoms. The largest absolute Gasteiger partial charge is 0.405 e. The normalized spacial score (nSPS) is 20.5. The molecule has 5 heteroatoms. The predicted octanol–water partition coefficient (Wildman–Crippen LogP) is 3.35. The van der Waals surface area contributed by atoms with Crippen molar-refractivity contribution in [1.82, 2.24) is 4.98 Å². The highest BCUT2D eigenvalue weighted by molar-refractivity contribution is 6.06. The molecule has 1 saturated carbocycles. The summed E-state index contributed by atoms with van der Waals surface area (Å²) in [5.41, 5.74) is 8.02. The average molecular weight is 336 g/mol. The highest BCUT2D eigenvalue weighted by Crippen LogP contribution is 2.33. The molecule has 2 aromatic rings. The smallest absolute Gasteiger partial charge is 0.271 e. The minimum absolute atomic E-state index is 0.154. The van der Waals surface area contributed by atoms with Crippen LogP contribution in [0.4, 0.5) is 5.69 Å². The molecule has 0 bridgehead atoms. The van der Waals surface area contributed by atoms with Crippen LogP contribution in [0.2, 0.25) is 0 Å². The van der Waals surface area contributed by atoms with Crippen molar-refractivity contribution in [2.45, 2.75) is 37.6 Å². The van der Waals surface area contributed by atoms with E-state index in [-0.39, 0.29) is 17.3 Å². The van der Waals surface area contributed by atoms with Gasteiger partial charge in [0.2, 0.25) is 0 Å². The highest BCUT2D eigenvalue weighted by atomic mass is 16.1. The van der Waals surface area contributed by atoms with Gasteiger partial charge in [0.05, 0.1) is 5.71 Å². The van der Waals surface area contributed by atoms with E-state index < -0.39 is 0 Å². The minimum Gasteiger partial charge on any atom is -0.405 e. The number of hydrogen-bond acceptors (Lipinski definition) is 4. The molecule has 0 atom stereocenters. The molecule has 0 radical (unpaired) electrons. The van der Waals surface area contributed by atoms with E-state index in [1.807, 2.05) is 6.07 Å². The third-order valence-corrected chi connectivity index (χ3v) is 4.83. The summed E-state index contributed by atoms with van der Waals surface area (Å²) < 4.78 is 0. The first-order valence-electron chi connectivity index (χ1n) is 8.69. The lowest BCUT2D eigenvalue weighted by molar-refractivity contribution is 0.412. The Hall–Kier alpha value is -2.82. The number of nitrogens with two attached hydrogens (primary N) is 1. The fraction of sp³-hybridized carbons (Fsp3) is 0.300. The Morgan fingerprint density at radius 1 is 1.20 bits per heavy atom. The van der Waals surface area contributed by atoms with Gasteiger partial charge in [0.25, 0.3) is 5.56 Å². The number of nitrogens with one attached hydrogen (secondary N) is 3. The van der Waals surface area contributed by atoms with Crippen molar-refractivity contribution in [3.05, 3.63) is 76.4 Å². The Morgan fingerprint density at radius 2 is 1.92 bits per heavy atom.